The number of sulfonamides is 1. The van der Waals surface area contributed by atoms with Gasteiger partial charge in [0.15, 0.2) is 0 Å². The summed E-state index contributed by atoms with van der Waals surface area (Å²) in [6, 6.07) is 9.11. The Bertz CT molecular complexity index is 885. The van der Waals surface area contributed by atoms with Crippen LogP contribution >= 0.6 is 0 Å². The Morgan fingerprint density at radius 1 is 1.24 bits per heavy atom. The highest BCUT2D eigenvalue weighted by Crippen LogP contribution is 2.30. The molecule has 6 nitrogen and oxygen atoms in total. The molecule has 0 saturated carbocycles. The first kappa shape index (κ1) is 17.7. The molecule has 0 radical (unpaired) electrons. The van der Waals surface area contributed by atoms with E-state index in [1.54, 1.807) is 33.2 Å². The van der Waals surface area contributed by atoms with E-state index in [0.29, 0.717) is 35.6 Å². The van der Waals surface area contributed by atoms with Crippen molar-refractivity contribution in [3.63, 3.8) is 0 Å². The average Bonchev–Trinajstić information content (AvgIpc) is 2.89. The summed E-state index contributed by atoms with van der Waals surface area (Å²) < 4.78 is 32.7. The largest absolute Gasteiger partial charge is 0.465 e. The first-order valence-corrected chi connectivity index (χ1v) is 9.75. The monoisotopic (exact) mass is 362 g/mol. The number of hydrogen-bond acceptors (Lipinski definition) is 4. The van der Waals surface area contributed by atoms with E-state index in [9.17, 15) is 13.2 Å². The highest BCUT2D eigenvalue weighted by atomic mass is 32.2. The van der Waals surface area contributed by atoms with Gasteiger partial charge in [-0.3, -0.25) is 4.79 Å². The van der Waals surface area contributed by atoms with Crippen LogP contribution in [-0.4, -0.2) is 44.2 Å². The average molecular weight is 362 g/mol. The van der Waals surface area contributed by atoms with Crippen molar-refractivity contribution in [1.82, 2.24) is 9.21 Å². The van der Waals surface area contributed by atoms with Gasteiger partial charge in [-0.25, -0.2) is 8.42 Å². The van der Waals surface area contributed by atoms with Gasteiger partial charge in [-0.15, -0.1) is 0 Å². The topological polar surface area (TPSA) is 70.8 Å². The highest BCUT2D eigenvalue weighted by Gasteiger charge is 2.33. The number of aryl methyl sites for hydroxylation is 1. The summed E-state index contributed by atoms with van der Waals surface area (Å²) in [6.45, 7) is 2.29. The van der Waals surface area contributed by atoms with Crippen molar-refractivity contribution < 1.29 is 17.6 Å². The number of fused-ring (bicyclic) bond motifs is 1. The first-order valence-electron chi connectivity index (χ1n) is 8.14. The molecule has 3 rings (SSSR count). The number of nitrogens with zero attached hydrogens (tertiary/aromatic N) is 2. The first-order chi connectivity index (χ1) is 11.8. The van der Waals surface area contributed by atoms with Gasteiger partial charge in [0.05, 0.1) is 11.3 Å². The zero-order chi connectivity index (χ0) is 18.2. The van der Waals surface area contributed by atoms with Crippen molar-refractivity contribution in [2.75, 3.05) is 20.6 Å². The van der Waals surface area contributed by atoms with Gasteiger partial charge in [0, 0.05) is 39.2 Å². The second-order valence-electron chi connectivity index (χ2n) is 6.46. The van der Waals surface area contributed by atoms with Crippen LogP contribution in [0.5, 0.6) is 0 Å². The molecule has 0 spiro atoms. The molecule has 0 aliphatic carbocycles. The van der Waals surface area contributed by atoms with Gasteiger partial charge < -0.3 is 9.32 Å². The summed E-state index contributed by atoms with van der Waals surface area (Å²) in [5.41, 5.74) is 1.93. The summed E-state index contributed by atoms with van der Waals surface area (Å²) in [4.78, 5) is 13.9. The Kier molecular flexibility index (Phi) is 4.71. The van der Waals surface area contributed by atoms with E-state index in [0.717, 1.165) is 5.56 Å². The predicted octanol–water partition coefficient (Wildman–Crippen LogP) is 2.18. The van der Waals surface area contributed by atoms with Gasteiger partial charge in [0.25, 0.3) is 5.91 Å². The van der Waals surface area contributed by atoms with Gasteiger partial charge in [0.2, 0.25) is 10.0 Å². The fraction of sp³-hybridized carbons (Fsp3) is 0.389. The van der Waals surface area contributed by atoms with Crippen molar-refractivity contribution in [3.05, 3.63) is 58.5 Å². The third-order valence-corrected chi connectivity index (χ3v) is 6.19. The van der Waals surface area contributed by atoms with E-state index in [4.69, 9.17) is 4.42 Å². The molecule has 1 aromatic heterocycles. The van der Waals surface area contributed by atoms with Gasteiger partial charge in [-0.05, 0) is 12.5 Å². The minimum Gasteiger partial charge on any atom is -0.465 e. The molecule has 1 amide bonds. The lowest BCUT2D eigenvalue weighted by Crippen LogP contribution is -2.37. The van der Waals surface area contributed by atoms with Crippen LogP contribution in [0.2, 0.25) is 0 Å². The number of furan rings is 1. The van der Waals surface area contributed by atoms with Crippen LogP contribution in [0, 0.1) is 6.92 Å². The van der Waals surface area contributed by atoms with E-state index in [1.807, 2.05) is 18.2 Å². The lowest BCUT2D eigenvalue weighted by Gasteiger charge is -2.26. The quantitative estimate of drug-likeness (QED) is 0.836. The van der Waals surface area contributed by atoms with Gasteiger partial charge in [-0.2, -0.15) is 4.31 Å². The number of benzene rings is 1. The summed E-state index contributed by atoms with van der Waals surface area (Å²) in [7, 11) is -0.117. The van der Waals surface area contributed by atoms with Gasteiger partial charge >= 0.3 is 0 Å². The number of amides is 1. The SMILES string of the molecule is Cc1oc2c(c1C(=O)N(C)C)CN(S(=O)(=O)Cc1ccccc1)CC2. The summed E-state index contributed by atoms with van der Waals surface area (Å²) in [5.74, 6) is 1.06. The van der Waals surface area contributed by atoms with Gasteiger partial charge in [-0.1, -0.05) is 30.3 Å². The predicted molar refractivity (Wildman–Crippen MR) is 94.6 cm³/mol. The van der Waals surface area contributed by atoms with Crippen molar-refractivity contribution in [3.8, 4) is 0 Å². The van der Waals surface area contributed by atoms with Gasteiger partial charge in [0.1, 0.15) is 11.5 Å². The number of hydrogen-bond donors (Lipinski definition) is 0. The second kappa shape index (κ2) is 6.65. The Hall–Kier alpha value is -2.12. The molecule has 7 heteroatoms. The van der Waals surface area contributed by atoms with Crippen LogP contribution in [0.1, 0.15) is 33.0 Å². The van der Waals surface area contributed by atoms with Crippen molar-refractivity contribution in [2.24, 2.45) is 0 Å². The van der Waals surface area contributed by atoms with E-state index in [2.05, 4.69) is 0 Å². The molecule has 2 heterocycles. The second-order valence-corrected chi connectivity index (χ2v) is 8.43. The molecule has 0 bridgehead atoms. The Balaban J connectivity index is 1.89. The summed E-state index contributed by atoms with van der Waals surface area (Å²) in [5, 5.41) is 0. The number of carbonyl (C=O) groups excluding carboxylic acids is 1. The van der Waals surface area contributed by atoms with Crippen LogP contribution in [0.25, 0.3) is 0 Å². The normalized spacial score (nSPS) is 15.0. The van der Waals surface area contributed by atoms with E-state index < -0.39 is 10.0 Å². The van der Waals surface area contributed by atoms with Crippen LogP contribution in [0.4, 0.5) is 0 Å². The van der Waals surface area contributed by atoms with Crippen LogP contribution < -0.4 is 0 Å². The lowest BCUT2D eigenvalue weighted by atomic mass is 10.0. The molecule has 0 N–H and O–H groups in total. The highest BCUT2D eigenvalue weighted by molar-refractivity contribution is 7.88. The summed E-state index contributed by atoms with van der Waals surface area (Å²) in [6.07, 6.45) is 0.477. The van der Waals surface area contributed by atoms with Crippen molar-refractivity contribution in [1.29, 1.82) is 0 Å². The summed E-state index contributed by atoms with van der Waals surface area (Å²) >= 11 is 0. The van der Waals surface area contributed by atoms with Crippen LogP contribution in [0.15, 0.2) is 34.7 Å². The maximum Gasteiger partial charge on any atom is 0.257 e. The molecule has 1 aliphatic rings. The molecule has 134 valence electrons. The third-order valence-electron chi connectivity index (χ3n) is 4.39. The molecule has 25 heavy (non-hydrogen) atoms. The zero-order valence-corrected chi connectivity index (χ0v) is 15.5. The third kappa shape index (κ3) is 3.48. The molecule has 2 aromatic rings. The fourth-order valence-corrected chi connectivity index (χ4v) is 4.61. The molecule has 0 saturated heterocycles. The Morgan fingerprint density at radius 2 is 1.92 bits per heavy atom. The van der Waals surface area contributed by atoms with E-state index >= 15 is 0 Å². The molecular weight excluding hydrogens is 340 g/mol. The van der Waals surface area contributed by atoms with Crippen molar-refractivity contribution in [2.45, 2.75) is 25.6 Å². The Labute approximate surface area is 148 Å². The molecule has 0 fully saturated rings. The minimum absolute atomic E-state index is 0.0447. The number of carbonyl (C=O) groups is 1. The fourth-order valence-electron chi connectivity index (χ4n) is 3.12. The van der Waals surface area contributed by atoms with E-state index in [1.165, 1.54) is 9.21 Å². The zero-order valence-electron chi connectivity index (χ0n) is 14.7. The smallest absolute Gasteiger partial charge is 0.257 e. The Morgan fingerprint density at radius 3 is 2.56 bits per heavy atom. The molecule has 0 unspecified atom stereocenters. The number of rotatable bonds is 4. The van der Waals surface area contributed by atoms with Crippen molar-refractivity contribution >= 4 is 15.9 Å². The maximum atomic E-state index is 12.8. The molecule has 0 atom stereocenters. The standard InChI is InChI=1S/C18H22N2O4S/c1-13-17(18(21)19(2)3)15-11-20(10-9-16(15)24-13)25(22,23)12-14-7-5-4-6-8-14/h4-8H,9-12H2,1-3H3. The molecule has 1 aliphatic heterocycles. The minimum atomic E-state index is -3.47. The molecular formula is C18H22N2O4S. The van der Waals surface area contributed by atoms with E-state index in [-0.39, 0.29) is 18.2 Å². The molecule has 1 aromatic carbocycles. The lowest BCUT2D eigenvalue weighted by molar-refractivity contribution is 0.0824. The van der Waals surface area contributed by atoms with Crippen LogP contribution in [-0.2, 0) is 28.7 Å². The maximum absolute atomic E-state index is 12.8. The van der Waals surface area contributed by atoms with Crippen LogP contribution in [0.3, 0.4) is 0 Å².